The van der Waals surface area contributed by atoms with Crippen molar-refractivity contribution in [3.63, 3.8) is 0 Å². The molecule has 0 saturated carbocycles. The molecule has 0 atom stereocenters. The Morgan fingerprint density at radius 1 is 0.652 bits per heavy atom. The van der Waals surface area contributed by atoms with Gasteiger partial charge in [0.05, 0.1) is 0 Å². The van der Waals surface area contributed by atoms with Gasteiger partial charge in [0, 0.05) is 6.42 Å². The van der Waals surface area contributed by atoms with Gasteiger partial charge in [-0.2, -0.15) is 0 Å². The van der Waals surface area contributed by atoms with Gasteiger partial charge in [-0.3, -0.25) is 0 Å². The third-order valence-electron chi connectivity index (χ3n) is 4.09. The van der Waals surface area contributed by atoms with Crippen molar-refractivity contribution in [3.8, 4) is 11.5 Å². The van der Waals surface area contributed by atoms with Gasteiger partial charge in [-0.15, -0.1) is 0 Å². The lowest BCUT2D eigenvalue weighted by Crippen LogP contribution is -1.92. The highest BCUT2D eigenvalue weighted by molar-refractivity contribution is 5.39. The molecule has 0 heterocycles. The minimum atomic E-state index is 0.340. The molecular formula is C21H20O2. The number of hydrogen-bond acceptors (Lipinski definition) is 2. The molecule has 0 unspecified atom stereocenters. The van der Waals surface area contributed by atoms with Crippen molar-refractivity contribution in [3.05, 3.63) is 94.5 Å². The van der Waals surface area contributed by atoms with Gasteiger partial charge < -0.3 is 10.2 Å². The van der Waals surface area contributed by atoms with E-state index < -0.39 is 0 Å². The Labute approximate surface area is 136 Å². The van der Waals surface area contributed by atoms with E-state index in [-0.39, 0.29) is 0 Å². The predicted molar refractivity (Wildman–Crippen MR) is 93.0 cm³/mol. The molecule has 2 N–H and O–H groups in total. The molecule has 116 valence electrons. The van der Waals surface area contributed by atoms with Crippen LogP contribution in [0.25, 0.3) is 0 Å². The second-order valence-corrected chi connectivity index (χ2v) is 5.92. The molecule has 0 amide bonds. The molecular weight excluding hydrogens is 284 g/mol. The van der Waals surface area contributed by atoms with E-state index in [0.717, 1.165) is 29.5 Å². The van der Waals surface area contributed by atoms with Crippen LogP contribution in [0.3, 0.4) is 0 Å². The Bertz CT molecular complexity index is 804. The largest absolute Gasteiger partial charge is 0.508 e. The zero-order valence-corrected chi connectivity index (χ0v) is 13.2. The van der Waals surface area contributed by atoms with Crippen LogP contribution >= 0.6 is 0 Å². The monoisotopic (exact) mass is 304 g/mol. The molecule has 2 heteroatoms. The van der Waals surface area contributed by atoms with Crippen LogP contribution in [0, 0.1) is 6.92 Å². The minimum Gasteiger partial charge on any atom is -0.508 e. The van der Waals surface area contributed by atoms with Crippen LogP contribution < -0.4 is 0 Å². The first-order chi connectivity index (χ1) is 11.1. The maximum absolute atomic E-state index is 9.85. The second kappa shape index (κ2) is 6.57. The number of rotatable bonds is 4. The van der Waals surface area contributed by atoms with Crippen LogP contribution in [0.15, 0.2) is 66.7 Å². The molecule has 0 spiro atoms. The minimum absolute atomic E-state index is 0.340. The number of phenolic OH excluding ortho intramolecular Hbond substituents is 2. The standard InChI is InChI=1S/C21H20O2/c1-15-6-7-18(14-21(15)23)12-16-8-10-17(11-9-16)13-19-4-2-3-5-20(19)22/h2-11,14,22-23H,12-13H2,1H3. The third kappa shape index (κ3) is 3.72. The summed E-state index contributed by atoms with van der Waals surface area (Å²) in [5, 5.41) is 19.6. The highest BCUT2D eigenvalue weighted by Gasteiger charge is 2.03. The summed E-state index contributed by atoms with van der Waals surface area (Å²) in [6.45, 7) is 1.90. The second-order valence-electron chi connectivity index (χ2n) is 5.92. The molecule has 3 rings (SSSR count). The summed E-state index contributed by atoms with van der Waals surface area (Å²) in [7, 11) is 0. The van der Waals surface area contributed by atoms with Crippen LogP contribution in [0.4, 0.5) is 0 Å². The first kappa shape index (κ1) is 15.2. The van der Waals surface area contributed by atoms with Crippen LogP contribution in [0.1, 0.15) is 27.8 Å². The van der Waals surface area contributed by atoms with Gasteiger partial charge in [0.25, 0.3) is 0 Å². The van der Waals surface area contributed by atoms with Gasteiger partial charge in [0.1, 0.15) is 11.5 Å². The molecule has 0 aromatic heterocycles. The van der Waals surface area contributed by atoms with Crippen molar-refractivity contribution in [1.29, 1.82) is 0 Å². The van der Waals surface area contributed by atoms with Gasteiger partial charge in [-0.1, -0.05) is 54.6 Å². The molecule has 3 aromatic rings. The fourth-order valence-corrected chi connectivity index (χ4v) is 2.66. The fourth-order valence-electron chi connectivity index (χ4n) is 2.66. The lowest BCUT2D eigenvalue weighted by Gasteiger charge is -2.07. The summed E-state index contributed by atoms with van der Waals surface area (Å²) in [6, 6.07) is 21.6. The van der Waals surface area contributed by atoms with Gasteiger partial charge in [0.15, 0.2) is 0 Å². The van der Waals surface area contributed by atoms with Gasteiger partial charge in [-0.25, -0.2) is 0 Å². The van der Waals surface area contributed by atoms with E-state index in [1.807, 2.05) is 43.3 Å². The lowest BCUT2D eigenvalue weighted by molar-refractivity contribution is 0.469. The van der Waals surface area contributed by atoms with E-state index in [2.05, 4.69) is 24.3 Å². The average Bonchev–Trinajstić information content (AvgIpc) is 2.55. The lowest BCUT2D eigenvalue weighted by atomic mass is 9.99. The van der Waals surface area contributed by atoms with Crippen molar-refractivity contribution < 1.29 is 10.2 Å². The Balaban J connectivity index is 1.72. The Morgan fingerprint density at radius 3 is 1.91 bits per heavy atom. The maximum atomic E-state index is 9.85. The number of benzene rings is 3. The van der Waals surface area contributed by atoms with E-state index in [0.29, 0.717) is 11.5 Å². The van der Waals surface area contributed by atoms with Gasteiger partial charge in [-0.05, 0) is 53.3 Å². The van der Waals surface area contributed by atoms with Crippen molar-refractivity contribution in [1.82, 2.24) is 0 Å². The van der Waals surface area contributed by atoms with Crippen LogP contribution in [0.2, 0.25) is 0 Å². The molecule has 3 aromatic carbocycles. The highest BCUT2D eigenvalue weighted by atomic mass is 16.3. The summed E-state index contributed by atoms with van der Waals surface area (Å²) in [6.07, 6.45) is 1.52. The molecule has 0 radical (unpaired) electrons. The quantitative estimate of drug-likeness (QED) is 0.740. The van der Waals surface area contributed by atoms with Crippen molar-refractivity contribution in [2.45, 2.75) is 19.8 Å². The molecule has 0 aliphatic carbocycles. The molecule has 23 heavy (non-hydrogen) atoms. The van der Waals surface area contributed by atoms with Crippen molar-refractivity contribution >= 4 is 0 Å². The molecule has 0 fully saturated rings. The predicted octanol–water partition coefficient (Wildman–Crippen LogP) is 4.59. The number of para-hydroxylation sites is 1. The summed E-state index contributed by atoms with van der Waals surface area (Å²) < 4.78 is 0. The van der Waals surface area contributed by atoms with Crippen LogP contribution in [-0.4, -0.2) is 10.2 Å². The summed E-state index contributed by atoms with van der Waals surface area (Å²) in [5.74, 6) is 0.686. The molecule has 0 aliphatic heterocycles. The fraction of sp³-hybridized carbons (Fsp3) is 0.143. The van der Waals surface area contributed by atoms with Crippen molar-refractivity contribution in [2.24, 2.45) is 0 Å². The zero-order valence-electron chi connectivity index (χ0n) is 13.2. The normalized spacial score (nSPS) is 10.7. The van der Waals surface area contributed by atoms with Crippen LogP contribution in [-0.2, 0) is 12.8 Å². The molecule has 2 nitrogen and oxygen atoms in total. The summed E-state index contributed by atoms with van der Waals surface area (Å²) in [5.41, 5.74) is 5.30. The van der Waals surface area contributed by atoms with E-state index in [9.17, 15) is 10.2 Å². The molecule has 0 aliphatic rings. The highest BCUT2D eigenvalue weighted by Crippen LogP contribution is 2.22. The summed E-state index contributed by atoms with van der Waals surface area (Å²) in [4.78, 5) is 0. The number of aryl methyl sites for hydroxylation is 1. The van der Waals surface area contributed by atoms with E-state index in [4.69, 9.17) is 0 Å². The van der Waals surface area contributed by atoms with E-state index >= 15 is 0 Å². The maximum Gasteiger partial charge on any atom is 0.119 e. The Kier molecular flexibility index (Phi) is 4.33. The molecule has 0 saturated heterocycles. The third-order valence-corrected chi connectivity index (χ3v) is 4.09. The number of phenols is 2. The van der Waals surface area contributed by atoms with Crippen molar-refractivity contribution in [2.75, 3.05) is 0 Å². The summed E-state index contributed by atoms with van der Waals surface area (Å²) >= 11 is 0. The smallest absolute Gasteiger partial charge is 0.119 e. The first-order valence-electron chi connectivity index (χ1n) is 7.75. The van der Waals surface area contributed by atoms with E-state index in [1.165, 1.54) is 11.1 Å². The van der Waals surface area contributed by atoms with Gasteiger partial charge >= 0.3 is 0 Å². The Hall–Kier alpha value is -2.74. The van der Waals surface area contributed by atoms with Gasteiger partial charge in [0.2, 0.25) is 0 Å². The Morgan fingerprint density at radius 2 is 1.26 bits per heavy atom. The number of hydrogen-bond donors (Lipinski definition) is 2. The van der Waals surface area contributed by atoms with E-state index in [1.54, 1.807) is 6.07 Å². The molecule has 0 bridgehead atoms. The first-order valence-corrected chi connectivity index (χ1v) is 7.75. The van der Waals surface area contributed by atoms with Crippen LogP contribution in [0.5, 0.6) is 11.5 Å². The SMILES string of the molecule is Cc1ccc(Cc2ccc(Cc3ccccc3O)cc2)cc1O. The zero-order chi connectivity index (χ0) is 16.2. The number of aromatic hydroxyl groups is 2. The topological polar surface area (TPSA) is 40.5 Å². The average molecular weight is 304 g/mol.